The molecule has 0 saturated carbocycles. The SMILES string of the molecule is COC(=O)C(CCCCN)NC(=O)C1Cc2c([nH]c3ccccc23)CN1C(C)CC(C)c1ccccc1. The Hall–Kier alpha value is -3.16. The number of aromatic nitrogens is 1. The van der Waals surface area contributed by atoms with Crippen LogP contribution in [0.3, 0.4) is 0 Å². The van der Waals surface area contributed by atoms with Gasteiger partial charge in [-0.1, -0.05) is 55.5 Å². The lowest BCUT2D eigenvalue weighted by molar-refractivity contribution is -0.146. The van der Waals surface area contributed by atoms with Crippen molar-refractivity contribution in [1.82, 2.24) is 15.2 Å². The molecule has 7 heteroatoms. The van der Waals surface area contributed by atoms with Crippen LogP contribution in [0.1, 0.15) is 62.3 Å². The molecule has 37 heavy (non-hydrogen) atoms. The number of fused-ring (bicyclic) bond motifs is 3. The lowest BCUT2D eigenvalue weighted by Crippen LogP contribution is -2.56. The van der Waals surface area contributed by atoms with Gasteiger partial charge < -0.3 is 20.8 Å². The Morgan fingerprint density at radius 1 is 1.11 bits per heavy atom. The quantitative estimate of drug-likeness (QED) is 0.268. The van der Waals surface area contributed by atoms with Crippen molar-refractivity contribution >= 4 is 22.8 Å². The summed E-state index contributed by atoms with van der Waals surface area (Å²) in [5.74, 6) is -0.187. The van der Waals surface area contributed by atoms with Crippen LogP contribution in [0.15, 0.2) is 54.6 Å². The normalized spacial score (nSPS) is 18.1. The molecular formula is C30H40N4O3. The number of amides is 1. The van der Waals surface area contributed by atoms with Gasteiger partial charge in [0.05, 0.1) is 13.2 Å². The fourth-order valence-electron chi connectivity index (χ4n) is 5.65. The minimum Gasteiger partial charge on any atom is -0.467 e. The topological polar surface area (TPSA) is 100 Å². The summed E-state index contributed by atoms with van der Waals surface area (Å²) in [6, 6.07) is 17.9. The molecule has 4 N–H and O–H groups in total. The molecule has 0 bridgehead atoms. The molecule has 0 fully saturated rings. The first-order valence-corrected chi connectivity index (χ1v) is 13.4. The van der Waals surface area contributed by atoms with E-state index < -0.39 is 12.0 Å². The van der Waals surface area contributed by atoms with Gasteiger partial charge in [-0.25, -0.2) is 4.79 Å². The van der Waals surface area contributed by atoms with E-state index >= 15 is 0 Å². The van der Waals surface area contributed by atoms with E-state index in [4.69, 9.17) is 10.5 Å². The van der Waals surface area contributed by atoms with Gasteiger partial charge in [0.15, 0.2) is 0 Å². The van der Waals surface area contributed by atoms with E-state index in [1.165, 1.54) is 18.2 Å². The summed E-state index contributed by atoms with van der Waals surface area (Å²) in [6.45, 7) is 5.65. The van der Waals surface area contributed by atoms with Gasteiger partial charge in [-0.2, -0.15) is 0 Å². The van der Waals surface area contributed by atoms with Gasteiger partial charge >= 0.3 is 5.97 Å². The first-order valence-electron chi connectivity index (χ1n) is 13.4. The fourth-order valence-corrected chi connectivity index (χ4v) is 5.65. The number of carbonyl (C=O) groups is 2. The Labute approximate surface area is 219 Å². The molecule has 4 rings (SSSR count). The van der Waals surface area contributed by atoms with Crippen molar-refractivity contribution < 1.29 is 14.3 Å². The monoisotopic (exact) mass is 504 g/mol. The number of hydrogen-bond acceptors (Lipinski definition) is 5. The fraction of sp³-hybridized carbons (Fsp3) is 0.467. The third-order valence-electron chi connectivity index (χ3n) is 7.72. The standard InChI is InChI=1S/C30H40N4O3/c1-20(22-11-5-4-6-12-22)17-21(2)34-19-27-24(23-13-7-8-14-25(23)32-27)18-28(34)29(35)33-26(30(36)37-3)15-9-10-16-31/h4-8,11-14,20-21,26,28,32H,9-10,15-19,31H2,1-3H3,(H,33,35). The number of carbonyl (C=O) groups excluding carboxylic acids is 2. The number of nitrogens with two attached hydrogens (primary N) is 1. The van der Waals surface area contributed by atoms with Crippen molar-refractivity contribution in [2.45, 2.75) is 76.5 Å². The summed E-state index contributed by atoms with van der Waals surface area (Å²) < 4.78 is 5.01. The van der Waals surface area contributed by atoms with Gasteiger partial charge in [-0.3, -0.25) is 9.69 Å². The van der Waals surface area contributed by atoms with Crippen LogP contribution in [0, 0.1) is 0 Å². The maximum Gasteiger partial charge on any atom is 0.328 e. The number of nitrogens with one attached hydrogen (secondary N) is 2. The molecule has 1 amide bonds. The minimum absolute atomic E-state index is 0.127. The van der Waals surface area contributed by atoms with Crippen LogP contribution in [-0.4, -0.2) is 53.5 Å². The van der Waals surface area contributed by atoms with Crippen LogP contribution in [0.25, 0.3) is 10.9 Å². The molecule has 0 radical (unpaired) electrons. The van der Waals surface area contributed by atoms with Crippen molar-refractivity contribution in [1.29, 1.82) is 0 Å². The highest BCUT2D eigenvalue weighted by Gasteiger charge is 2.38. The molecule has 0 aliphatic carbocycles. The zero-order valence-electron chi connectivity index (χ0n) is 22.2. The Morgan fingerprint density at radius 2 is 1.84 bits per heavy atom. The number of ether oxygens (including phenoxy) is 1. The smallest absolute Gasteiger partial charge is 0.328 e. The Bertz CT molecular complexity index is 1190. The van der Waals surface area contributed by atoms with Gasteiger partial charge in [0.2, 0.25) is 5.91 Å². The molecular weight excluding hydrogens is 464 g/mol. The number of H-pyrrole nitrogens is 1. The maximum absolute atomic E-state index is 13.8. The van der Waals surface area contributed by atoms with Crippen molar-refractivity contribution in [3.05, 3.63) is 71.4 Å². The van der Waals surface area contributed by atoms with E-state index in [-0.39, 0.29) is 18.0 Å². The minimum atomic E-state index is -0.672. The molecule has 1 aliphatic heterocycles. The van der Waals surface area contributed by atoms with Crippen LogP contribution < -0.4 is 11.1 Å². The first kappa shape index (κ1) is 26.9. The average molecular weight is 505 g/mol. The molecule has 2 heterocycles. The average Bonchev–Trinajstić information content (AvgIpc) is 3.29. The Balaban J connectivity index is 1.59. The Morgan fingerprint density at radius 3 is 2.57 bits per heavy atom. The number of methoxy groups -OCH3 is 1. The summed E-state index contributed by atoms with van der Waals surface area (Å²) in [5, 5.41) is 4.19. The molecule has 1 aromatic heterocycles. The highest BCUT2D eigenvalue weighted by molar-refractivity contribution is 5.90. The summed E-state index contributed by atoms with van der Waals surface area (Å²) in [4.78, 5) is 32.2. The van der Waals surface area contributed by atoms with E-state index in [0.29, 0.717) is 31.8 Å². The molecule has 1 aliphatic rings. The van der Waals surface area contributed by atoms with Crippen molar-refractivity contribution in [3.8, 4) is 0 Å². The lowest BCUT2D eigenvalue weighted by Gasteiger charge is -2.40. The zero-order valence-corrected chi connectivity index (χ0v) is 22.2. The van der Waals surface area contributed by atoms with E-state index in [2.05, 4.69) is 65.4 Å². The number of benzene rings is 2. The van der Waals surface area contributed by atoms with Crippen LogP contribution in [0.4, 0.5) is 0 Å². The molecule has 0 spiro atoms. The summed E-state index contributed by atoms with van der Waals surface area (Å²) >= 11 is 0. The highest BCUT2D eigenvalue weighted by atomic mass is 16.5. The summed E-state index contributed by atoms with van der Waals surface area (Å²) in [6.07, 6.45) is 3.57. The van der Waals surface area contributed by atoms with Crippen LogP contribution in [-0.2, 0) is 27.3 Å². The van der Waals surface area contributed by atoms with Crippen LogP contribution >= 0.6 is 0 Å². The number of hydrogen-bond donors (Lipinski definition) is 3. The number of rotatable bonds is 11. The first-order chi connectivity index (χ1) is 17.9. The van der Waals surface area contributed by atoms with E-state index in [0.717, 1.165) is 35.9 Å². The molecule has 2 aromatic carbocycles. The zero-order chi connectivity index (χ0) is 26.4. The predicted octanol–water partition coefficient (Wildman–Crippen LogP) is 4.26. The number of nitrogens with zero attached hydrogens (tertiary/aromatic N) is 1. The number of para-hydroxylation sites is 1. The van der Waals surface area contributed by atoms with Crippen LogP contribution in [0.5, 0.6) is 0 Å². The van der Waals surface area contributed by atoms with Crippen molar-refractivity contribution in [2.75, 3.05) is 13.7 Å². The van der Waals surface area contributed by atoms with Gasteiger partial charge in [-0.15, -0.1) is 0 Å². The number of unbranched alkanes of at least 4 members (excludes halogenated alkanes) is 1. The third-order valence-corrected chi connectivity index (χ3v) is 7.72. The van der Waals surface area contributed by atoms with Gasteiger partial charge in [0, 0.05) is 29.2 Å². The lowest BCUT2D eigenvalue weighted by atomic mass is 9.90. The molecule has 198 valence electrons. The number of aromatic amines is 1. The van der Waals surface area contributed by atoms with Gasteiger partial charge in [-0.05, 0) is 68.7 Å². The Kier molecular flexibility index (Phi) is 9.00. The summed E-state index contributed by atoms with van der Waals surface area (Å²) in [5.41, 5.74) is 10.4. The molecule has 0 saturated heterocycles. The maximum atomic E-state index is 13.8. The summed E-state index contributed by atoms with van der Waals surface area (Å²) in [7, 11) is 1.36. The predicted molar refractivity (Wildman–Crippen MR) is 147 cm³/mol. The third kappa shape index (κ3) is 6.22. The molecule has 3 aromatic rings. The van der Waals surface area contributed by atoms with E-state index in [1.807, 2.05) is 18.2 Å². The second-order valence-electron chi connectivity index (χ2n) is 10.3. The molecule has 4 unspecified atom stereocenters. The van der Waals surface area contributed by atoms with Gasteiger partial charge in [0.1, 0.15) is 6.04 Å². The highest BCUT2D eigenvalue weighted by Crippen LogP contribution is 2.33. The van der Waals surface area contributed by atoms with E-state index in [9.17, 15) is 9.59 Å². The van der Waals surface area contributed by atoms with Crippen LogP contribution in [0.2, 0.25) is 0 Å². The molecule has 4 atom stereocenters. The second kappa shape index (κ2) is 12.4. The molecule has 7 nitrogen and oxygen atoms in total. The van der Waals surface area contributed by atoms with Crippen molar-refractivity contribution in [2.24, 2.45) is 5.73 Å². The van der Waals surface area contributed by atoms with Crippen molar-refractivity contribution in [3.63, 3.8) is 0 Å². The largest absolute Gasteiger partial charge is 0.467 e. The van der Waals surface area contributed by atoms with E-state index in [1.54, 1.807) is 0 Å². The second-order valence-corrected chi connectivity index (χ2v) is 10.3. The van der Waals surface area contributed by atoms with Gasteiger partial charge in [0.25, 0.3) is 0 Å². The number of esters is 1.